The summed E-state index contributed by atoms with van der Waals surface area (Å²) in [6.07, 6.45) is 0.221. The van der Waals surface area contributed by atoms with Gasteiger partial charge in [0.05, 0.1) is 13.0 Å². The number of piperazine rings is 1. The van der Waals surface area contributed by atoms with E-state index < -0.39 is 0 Å². The first-order valence-electron chi connectivity index (χ1n) is 11.0. The molecular formula is C23H29N5O5. The van der Waals surface area contributed by atoms with E-state index in [1.165, 1.54) is 17.7 Å². The Labute approximate surface area is 191 Å². The quantitative estimate of drug-likeness (QED) is 0.619. The second-order valence-electron chi connectivity index (χ2n) is 8.58. The topological polar surface area (TPSA) is 97.1 Å². The van der Waals surface area contributed by atoms with E-state index in [-0.39, 0.29) is 35.4 Å². The van der Waals surface area contributed by atoms with Crippen LogP contribution in [0.25, 0.3) is 0 Å². The minimum atomic E-state index is -0.377. The maximum atomic E-state index is 13.1. The summed E-state index contributed by atoms with van der Waals surface area (Å²) in [6, 6.07) is 9.01. The first-order chi connectivity index (χ1) is 15.8. The lowest BCUT2D eigenvalue weighted by molar-refractivity contribution is -0.136. The summed E-state index contributed by atoms with van der Waals surface area (Å²) in [4.78, 5) is 55.3. The third-order valence-corrected chi connectivity index (χ3v) is 6.51. The normalized spacial score (nSPS) is 18.7. The van der Waals surface area contributed by atoms with Crippen LogP contribution in [-0.4, -0.2) is 70.6 Å². The van der Waals surface area contributed by atoms with E-state index in [1.54, 1.807) is 24.0 Å². The van der Waals surface area contributed by atoms with Crippen molar-refractivity contribution in [1.29, 1.82) is 0 Å². The molecule has 0 N–H and O–H groups in total. The van der Waals surface area contributed by atoms with Crippen LogP contribution in [0.2, 0.25) is 0 Å². The largest absolute Gasteiger partial charge is 0.497 e. The zero-order valence-corrected chi connectivity index (χ0v) is 19.2. The molecule has 0 aliphatic carbocycles. The molecule has 1 aromatic carbocycles. The number of aromatic nitrogens is 2. The van der Waals surface area contributed by atoms with Crippen LogP contribution >= 0.6 is 0 Å². The summed E-state index contributed by atoms with van der Waals surface area (Å²) in [6.45, 7) is 2.87. The van der Waals surface area contributed by atoms with Gasteiger partial charge in [-0.05, 0) is 17.7 Å². The van der Waals surface area contributed by atoms with Crippen LogP contribution in [0.15, 0.2) is 39.9 Å². The number of benzene rings is 1. The Balaban J connectivity index is 1.36. The summed E-state index contributed by atoms with van der Waals surface area (Å²) in [5.74, 6) is 0.929. The Kier molecular flexibility index (Phi) is 6.26. The zero-order chi connectivity index (χ0) is 23.7. The van der Waals surface area contributed by atoms with Gasteiger partial charge in [-0.1, -0.05) is 12.1 Å². The van der Waals surface area contributed by atoms with E-state index in [0.717, 1.165) is 15.9 Å². The van der Waals surface area contributed by atoms with Crippen LogP contribution in [0.3, 0.4) is 0 Å². The van der Waals surface area contributed by atoms with Crippen molar-refractivity contribution in [2.75, 3.05) is 44.7 Å². The van der Waals surface area contributed by atoms with E-state index in [4.69, 9.17) is 4.74 Å². The molecule has 33 heavy (non-hydrogen) atoms. The summed E-state index contributed by atoms with van der Waals surface area (Å²) < 4.78 is 7.69. The Bertz CT molecular complexity index is 1160. The molecule has 1 atom stereocenters. The van der Waals surface area contributed by atoms with Crippen LogP contribution in [0.4, 0.5) is 5.82 Å². The van der Waals surface area contributed by atoms with Crippen molar-refractivity contribution in [3.8, 4) is 5.75 Å². The number of hydrogen-bond donors (Lipinski definition) is 0. The van der Waals surface area contributed by atoms with Crippen molar-refractivity contribution < 1.29 is 14.3 Å². The number of carbonyl (C=O) groups excluding carboxylic acids is 2. The summed E-state index contributed by atoms with van der Waals surface area (Å²) in [5.41, 5.74) is 0.260. The molecule has 10 heteroatoms. The molecule has 2 aliphatic heterocycles. The minimum Gasteiger partial charge on any atom is -0.497 e. The van der Waals surface area contributed by atoms with E-state index in [2.05, 4.69) is 0 Å². The number of amides is 2. The number of anilines is 1. The van der Waals surface area contributed by atoms with Gasteiger partial charge in [-0.15, -0.1) is 0 Å². The molecule has 2 aliphatic rings. The van der Waals surface area contributed by atoms with Crippen LogP contribution in [-0.2, 0) is 30.2 Å². The Morgan fingerprint density at radius 2 is 1.67 bits per heavy atom. The molecule has 2 saturated heterocycles. The first-order valence-corrected chi connectivity index (χ1v) is 11.0. The third-order valence-electron chi connectivity index (χ3n) is 6.51. The number of nitrogens with zero attached hydrogens (tertiary/aromatic N) is 5. The molecule has 0 saturated carbocycles. The molecular weight excluding hydrogens is 426 g/mol. The highest BCUT2D eigenvalue weighted by Crippen LogP contribution is 2.24. The highest BCUT2D eigenvalue weighted by Gasteiger charge is 2.37. The number of carbonyl (C=O) groups is 2. The lowest BCUT2D eigenvalue weighted by Gasteiger charge is -2.37. The Morgan fingerprint density at radius 1 is 1.00 bits per heavy atom. The molecule has 10 nitrogen and oxygen atoms in total. The summed E-state index contributed by atoms with van der Waals surface area (Å²) >= 11 is 0. The van der Waals surface area contributed by atoms with E-state index in [1.807, 2.05) is 29.2 Å². The number of rotatable bonds is 5. The fourth-order valence-electron chi connectivity index (χ4n) is 4.48. The van der Waals surface area contributed by atoms with Gasteiger partial charge in [0.1, 0.15) is 11.6 Å². The number of methoxy groups -OCH3 is 1. The summed E-state index contributed by atoms with van der Waals surface area (Å²) in [5, 5.41) is 0. The summed E-state index contributed by atoms with van der Waals surface area (Å²) in [7, 11) is 4.69. The van der Waals surface area contributed by atoms with Crippen molar-refractivity contribution >= 4 is 17.6 Å². The van der Waals surface area contributed by atoms with Crippen LogP contribution in [0, 0.1) is 5.92 Å². The van der Waals surface area contributed by atoms with E-state index in [9.17, 15) is 19.2 Å². The van der Waals surface area contributed by atoms with Crippen molar-refractivity contribution in [1.82, 2.24) is 18.9 Å². The maximum Gasteiger partial charge on any atom is 0.332 e. The average molecular weight is 456 g/mol. The zero-order valence-electron chi connectivity index (χ0n) is 19.2. The molecule has 0 spiro atoms. The van der Waals surface area contributed by atoms with Gasteiger partial charge in [0.2, 0.25) is 11.8 Å². The highest BCUT2D eigenvalue weighted by atomic mass is 16.5. The monoisotopic (exact) mass is 455 g/mol. The highest BCUT2D eigenvalue weighted by molar-refractivity contribution is 5.89. The molecule has 0 bridgehead atoms. The molecule has 176 valence electrons. The smallest absolute Gasteiger partial charge is 0.332 e. The third kappa shape index (κ3) is 4.50. The number of ether oxygens (including phenoxy) is 1. The molecule has 2 aromatic rings. The van der Waals surface area contributed by atoms with Gasteiger partial charge in [0, 0.05) is 65.9 Å². The fourth-order valence-corrected chi connectivity index (χ4v) is 4.48. The van der Waals surface area contributed by atoms with E-state index >= 15 is 0 Å². The SMILES string of the molecule is COc1ccc(CN2C[C@H](C(=O)N3CCN(c4cc(=O)n(C)c(=O)n4C)CC3)CC2=O)cc1. The first kappa shape index (κ1) is 22.6. The van der Waals surface area contributed by atoms with Crippen LogP contribution in [0.1, 0.15) is 12.0 Å². The van der Waals surface area contributed by atoms with Crippen molar-refractivity contribution in [3.05, 3.63) is 56.7 Å². The molecule has 2 amide bonds. The molecule has 1 aromatic heterocycles. The second kappa shape index (κ2) is 9.13. The minimum absolute atomic E-state index is 0.0157. The fraction of sp³-hybridized carbons (Fsp3) is 0.478. The predicted octanol–water partition coefficient (Wildman–Crippen LogP) is -0.210. The van der Waals surface area contributed by atoms with Gasteiger partial charge in [0.15, 0.2) is 0 Å². The van der Waals surface area contributed by atoms with Gasteiger partial charge >= 0.3 is 5.69 Å². The Morgan fingerprint density at radius 3 is 2.30 bits per heavy atom. The predicted molar refractivity (Wildman–Crippen MR) is 122 cm³/mol. The van der Waals surface area contributed by atoms with Gasteiger partial charge in [-0.2, -0.15) is 0 Å². The Hall–Kier alpha value is -3.56. The molecule has 4 rings (SSSR count). The van der Waals surface area contributed by atoms with Gasteiger partial charge in [0.25, 0.3) is 5.56 Å². The number of likely N-dealkylation sites (tertiary alicyclic amines) is 1. The number of hydrogen-bond acceptors (Lipinski definition) is 6. The van der Waals surface area contributed by atoms with E-state index in [0.29, 0.717) is 45.1 Å². The standard InChI is InChI=1S/C23H29N5O5/c1-24-19(13-20(29)25(2)23(24)32)26-8-10-27(11-9-26)22(31)17-12-21(30)28(15-17)14-16-4-6-18(33-3)7-5-16/h4-7,13,17H,8-12,14-15H2,1-3H3/t17-/m1/s1. The van der Waals surface area contributed by atoms with Gasteiger partial charge in [-0.25, -0.2) is 4.79 Å². The maximum absolute atomic E-state index is 13.1. The molecule has 3 heterocycles. The molecule has 0 unspecified atom stereocenters. The van der Waals surface area contributed by atoms with Crippen LogP contribution in [0.5, 0.6) is 5.75 Å². The molecule has 2 fully saturated rings. The van der Waals surface area contributed by atoms with Gasteiger partial charge < -0.3 is 19.4 Å². The lowest BCUT2D eigenvalue weighted by atomic mass is 10.1. The average Bonchev–Trinajstić information content (AvgIpc) is 3.20. The van der Waals surface area contributed by atoms with Crippen molar-refractivity contribution in [2.24, 2.45) is 20.0 Å². The van der Waals surface area contributed by atoms with Crippen LogP contribution < -0.4 is 20.9 Å². The molecule has 0 radical (unpaired) electrons. The van der Waals surface area contributed by atoms with Crippen molar-refractivity contribution in [2.45, 2.75) is 13.0 Å². The second-order valence-corrected chi connectivity index (χ2v) is 8.58. The van der Waals surface area contributed by atoms with Gasteiger partial charge in [-0.3, -0.25) is 23.5 Å². The lowest BCUT2D eigenvalue weighted by Crippen LogP contribution is -2.52. The van der Waals surface area contributed by atoms with Crippen molar-refractivity contribution in [3.63, 3.8) is 0 Å².